The molecule has 0 spiro atoms. The number of nitrogens with zero attached hydrogens (tertiary/aromatic N) is 1. The smallest absolute Gasteiger partial charge is 0.406 e. The molecule has 5 nitrogen and oxygen atoms in total. The Labute approximate surface area is 172 Å². The van der Waals surface area contributed by atoms with E-state index >= 15 is 0 Å². The second kappa shape index (κ2) is 7.85. The summed E-state index contributed by atoms with van der Waals surface area (Å²) in [4.78, 5) is 27.2. The predicted octanol–water partition coefficient (Wildman–Crippen LogP) is 4.80. The van der Waals surface area contributed by atoms with Crippen LogP contribution in [0.25, 0.3) is 5.57 Å². The van der Waals surface area contributed by atoms with E-state index in [2.05, 4.69) is 10.1 Å². The quantitative estimate of drug-likeness (QED) is 0.709. The highest BCUT2D eigenvalue weighted by Crippen LogP contribution is 2.34. The molecule has 0 radical (unpaired) electrons. The fourth-order valence-electron chi connectivity index (χ4n) is 3.39. The molecule has 0 unspecified atom stereocenters. The van der Waals surface area contributed by atoms with E-state index in [4.69, 9.17) is 0 Å². The van der Waals surface area contributed by atoms with Gasteiger partial charge in [-0.15, -0.1) is 13.2 Å². The van der Waals surface area contributed by atoms with Crippen LogP contribution in [0.4, 0.5) is 18.9 Å². The van der Waals surface area contributed by atoms with Crippen molar-refractivity contribution in [2.45, 2.75) is 40.1 Å². The Hall–Kier alpha value is -3.29. The Morgan fingerprint density at radius 3 is 2.30 bits per heavy atom. The van der Waals surface area contributed by atoms with Crippen molar-refractivity contribution in [1.29, 1.82) is 0 Å². The number of nitrogens with one attached hydrogen (secondary N) is 1. The monoisotopic (exact) mass is 418 g/mol. The molecule has 0 saturated heterocycles. The first-order valence-electron chi connectivity index (χ1n) is 9.30. The summed E-state index contributed by atoms with van der Waals surface area (Å²) in [5.41, 5.74) is 2.80. The summed E-state index contributed by atoms with van der Waals surface area (Å²) in [5, 5.41) is 2.84. The van der Waals surface area contributed by atoms with E-state index in [-0.39, 0.29) is 23.0 Å². The normalized spacial score (nSPS) is 14.7. The molecule has 1 N–H and O–H groups in total. The highest BCUT2D eigenvalue weighted by atomic mass is 19.4. The first-order valence-corrected chi connectivity index (χ1v) is 9.30. The van der Waals surface area contributed by atoms with Crippen LogP contribution in [0.3, 0.4) is 0 Å². The standard InChI is InChI=1S/C22H21F3N2O3/c1-12(2)27-20(28)18(17-9-8-13(3)10-14(17)4)19(21(27)29)26-15-6-5-7-16(11-15)30-22(23,24)25/h5-12,26H,1-4H3. The number of hydrogen-bond acceptors (Lipinski definition) is 4. The molecular formula is C22H21F3N2O3. The van der Waals surface area contributed by atoms with Crippen LogP contribution < -0.4 is 10.1 Å². The van der Waals surface area contributed by atoms with Crippen LogP contribution in [0.2, 0.25) is 0 Å². The van der Waals surface area contributed by atoms with Crippen molar-refractivity contribution in [3.8, 4) is 5.75 Å². The third kappa shape index (κ3) is 4.32. The number of rotatable bonds is 5. The molecule has 158 valence electrons. The van der Waals surface area contributed by atoms with E-state index in [0.717, 1.165) is 28.2 Å². The van der Waals surface area contributed by atoms with Crippen molar-refractivity contribution >= 4 is 23.1 Å². The van der Waals surface area contributed by atoms with Crippen molar-refractivity contribution in [2.75, 3.05) is 5.32 Å². The van der Waals surface area contributed by atoms with Crippen LogP contribution in [-0.4, -0.2) is 29.1 Å². The number of anilines is 1. The zero-order chi connectivity index (χ0) is 22.2. The van der Waals surface area contributed by atoms with Crippen LogP contribution in [0.5, 0.6) is 5.75 Å². The van der Waals surface area contributed by atoms with Crippen LogP contribution >= 0.6 is 0 Å². The Morgan fingerprint density at radius 1 is 1.00 bits per heavy atom. The topological polar surface area (TPSA) is 58.6 Å². The first-order chi connectivity index (χ1) is 14.0. The molecule has 0 saturated carbocycles. The van der Waals surface area contributed by atoms with Gasteiger partial charge in [-0.05, 0) is 51.0 Å². The third-order valence-electron chi connectivity index (χ3n) is 4.62. The second-order valence-corrected chi connectivity index (χ2v) is 7.34. The Balaban J connectivity index is 2.08. The SMILES string of the molecule is Cc1ccc(C2=C(Nc3cccc(OC(F)(F)F)c3)C(=O)N(C(C)C)C2=O)c(C)c1. The van der Waals surface area contributed by atoms with Gasteiger partial charge in [-0.2, -0.15) is 0 Å². The molecule has 2 aromatic carbocycles. The Bertz CT molecular complexity index is 1040. The third-order valence-corrected chi connectivity index (χ3v) is 4.62. The summed E-state index contributed by atoms with van der Waals surface area (Å²) in [6.07, 6.45) is -4.84. The molecule has 1 aliphatic heterocycles. The maximum absolute atomic E-state index is 13.1. The minimum absolute atomic E-state index is 0.0183. The summed E-state index contributed by atoms with van der Waals surface area (Å²) < 4.78 is 41.5. The Kier molecular flexibility index (Phi) is 5.61. The van der Waals surface area contributed by atoms with Gasteiger partial charge < -0.3 is 10.1 Å². The number of imide groups is 1. The number of hydrogen-bond donors (Lipinski definition) is 1. The molecule has 0 aliphatic carbocycles. The fraction of sp³-hybridized carbons (Fsp3) is 0.273. The average Bonchev–Trinajstić information content (AvgIpc) is 2.84. The van der Waals surface area contributed by atoms with Gasteiger partial charge >= 0.3 is 6.36 Å². The van der Waals surface area contributed by atoms with Gasteiger partial charge in [0.1, 0.15) is 11.4 Å². The Morgan fingerprint density at radius 2 is 1.70 bits per heavy atom. The van der Waals surface area contributed by atoms with Crippen molar-refractivity contribution < 1.29 is 27.5 Å². The summed E-state index contributed by atoms with van der Waals surface area (Å²) in [6, 6.07) is 10.2. The number of benzene rings is 2. The van der Waals surface area contributed by atoms with Crippen LogP contribution in [0.15, 0.2) is 48.2 Å². The molecule has 0 aromatic heterocycles. The van der Waals surface area contributed by atoms with Crippen molar-refractivity contribution in [2.24, 2.45) is 0 Å². The number of aryl methyl sites for hydroxylation is 2. The number of carbonyl (C=O) groups is 2. The van der Waals surface area contributed by atoms with Gasteiger partial charge in [0.15, 0.2) is 0 Å². The molecule has 2 aromatic rings. The molecular weight excluding hydrogens is 397 g/mol. The van der Waals surface area contributed by atoms with Gasteiger partial charge in [-0.3, -0.25) is 14.5 Å². The highest BCUT2D eigenvalue weighted by molar-refractivity contribution is 6.36. The van der Waals surface area contributed by atoms with E-state index in [1.165, 1.54) is 12.1 Å². The number of halogens is 3. The molecule has 1 aliphatic rings. The largest absolute Gasteiger partial charge is 0.573 e. The lowest BCUT2D eigenvalue weighted by Gasteiger charge is -2.19. The van der Waals surface area contributed by atoms with Gasteiger partial charge in [-0.1, -0.05) is 29.8 Å². The van der Waals surface area contributed by atoms with Crippen molar-refractivity contribution in [3.63, 3.8) is 0 Å². The predicted molar refractivity (Wildman–Crippen MR) is 107 cm³/mol. The van der Waals surface area contributed by atoms with E-state index < -0.39 is 23.9 Å². The lowest BCUT2D eigenvalue weighted by atomic mass is 9.97. The van der Waals surface area contributed by atoms with Crippen molar-refractivity contribution in [3.05, 3.63) is 64.9 Å². The van der Waals surface area contributed by atoms with Gasteiger partial charge in [0.2, 0.25) is 0 Å². The number of alkyl halides is 3. The molecule has 0 bridgehead atoms. The molecule has 8 heteroatoms. The highest BCUT2D eigenvalue weighted by Gasteiger charge is 2.41. The maximum Gasteiger partial charge on any atom is 0.573 e. The van der Waals surface area contributed by atoms with E-state index in [9.17, 15) is 22.8 Å². The fourth-order valence-corrected chi connectivity index (χ4v) is 3.39. The van der Waals surface area contributed by atoms with Gasteiger partial charge in [-0.25, -0.2) is 0 Å². The molecule has 0 fully saturated rings. The number of carbonyl (C=O) groups excluding carboxylic acids is 2. The molecule has 2 amide bonds. The van der Waals surface area contributed by atoms with Gasteiger partial charge in [0.25, 0.3) is 11.8 Å². The van der Waals surface area contributed by atoms with Crippen LogP contribution in [0, 0.1) is 13.8 Å². The van der Waals surface area contributed by atoms with Crippen LogP contribution in [-0.2, 0) is 9.59 Å². The maximum atomic E-state index is 13.1. The average molecular weight is 418 g/mol. The number of ether oxygens (including phenoxy) is 1. The molecule has 0 atom stereocenters. The lowest BCUT2D eigenvalue weighted by Crippen LogP contribution is -2.38. The van der Waals surface area contributed by atoms with Crippen LogP contribution in [0.1, 0.15) is 30.5 Å². The summed E-state index contributed by atoms with van der Waals surface area (Å²) >= 11 is 0. The minimum Gasteiger partial charge on any atom is -0.406 e. The van der Waals surface area contributed by atoms with Gasteiger partial charge in [0, 0.05) is 17.8 Å². The second-order valence-electron chi connectivity index (χ2n) is 7.34. The molecule has 30 heavy (non-hydrogen) atoms. The first kappa shape index (κ1) is 21.4. The zero-order valence-corrected chi connectivity index (χ0v) is 16.9. The van der Waals surface area contributed by atoms with Crippen molar-refractivity contribution in [1.82, 2.24) is 4.90 Å². The van der Waals surface area contributed by atoms with Gasteiger partial charge in [0.05, 0.1) is 5.57 Å². The molecule has 1 heterocycles. The zero-order valence-electron chi connectivity index (χ0n) is 16.9. The van der Waals surface area contributed by atoms with E-state index in [1.807, 2.05) is 26.0 Å². The molecule has 3 rings (SSSR count). The summed E-state index contributed by atoms with van der Waals surface area (Å²) in [7, 11) is 0. The minimum atomic E-state index is -4.84. The van der Waals surface area contributed by atoms with E-state index in [0.29, 0.717) is 5.56 Å². The lowest BCUT2D eigenvalue weighted by molar-refractivity contribution is -0.274. The van der Waals surface area contributed by atoms with E-state index in [1.54, 1.807) is 19.9 Å². The summed E-state index contributed by atoms with van der Waals surface area (Å²) in [6.45, 7) is 7.19. The summed E-state index contributed by atoms with van der Waals surface area (Å²) in [5.74, 6) is -1.42. The number of amides is 2.